The summed E-state index contributed by atoms with van der Waals surface area (Å²) in [5, 5.41) is 3.59. The third-order valence-electron chi connectivity index (χ3n) is 2.39. The molecule has 1 nitrogen and oxygen atoms in total. The maximum Gasteiger partial charge on any atom is 0.234 e. The van der Waals surface area contributed by atoms with Crippen molar-refractivity contribution >= 4 is 11.3 Å². The lowest BCUT2D eigenvalue weighted by atomic mass is 10.1. The van der Waals surface area contributed by atoms with E-state index in [0.717, 1.165) is 0 Å². The van der Waals surface area contributed by atoms with Gasteiger partial charge in [-0.3, -0.25) is 0 Å². The van der Waals surface area contributed by atoms with Crippen LogP contribution < -0.4 is 28.5 Å². The van der Waals surface area contributed by atoms with Gasteiger partial charge in [0.15, 0.2) is 6.20 Å². The van der Waals surface area contributed by atoms with Crippen LogP contribution in [-0.4, -0.2) is 0 Å². The predicted octanol–water partition coefficient (Wildman–Crippen LogP) is 0.318. The second-order valence-corrected chi connectivity index (χ2v) is 4.63. The summed E-state index contributed by atoms with van der Waals surface area (Å²) in [6.45, 7) is 5.66. The Morgan fingerprint density at radius 1 is 1.21 bits per heavy atom. The van der Waals surface area contributed by atoms with Crippen molar-refractivity contribution < 1.29 is 28.5 Å². The monoisotopic (exact) mass is 325 g/mol. The van der Waals surface area contributed by atoms with Crippen LogP contribution in [0.25, 0.3) is 0 Å². The van der Waals surface area contributed by atoms with Crippen molar-refractivity contribution in [3.8, 4) is 0 Å². The minimum absolute atomic E-state index is 0. The van der Waals surface area contributed by atoms with Gasteiger partial charge >= 0.3 is 0 Å². The number of rotatable bonds is 6. The zero-order valence-electron chi connectivity index (χ0n) is 9.13. The van der Waals surface area contributed by atoms with Crippen LogP contribution in [0, 0.1) is 6.92 Å². The first kappa shape index (κ1) is 14.4. The van der Waals surface area contributed by atoms with Crippen LogP contribution in [0.1, 0.15) is 44.0 Å². The summed E-state index contributed by atoms with van der Waals surface area (Å²) >= 11 is 1.84. The molecule has 1 aromatic rings. The first-order chi connectivity index (χ1) is 6.34. The zero-order valence-corrected chi connectivity index (χ0v) is 12.1. The number of nitrogens with zero attached hydrogens (tertiary/aromatic N) is 1. The highest BCUT2D eigenvalue weighted by molar-refractivity contribution is 7.09. The first-order valence-corrected chi connectivity index (χ1v) is 6.16. The summed E-state index contributed by atoms with van der Waals surface area (Å²) in [4.78, 5) is 0. The van der Waals surface area contributed by atoms with Crippen molar-refractivity contribution in [3.05, 3.63) is 16.6 Å². The van der Waals surface area contributed by atoms with Crippen molar-refractivity contribution in [3.63, 3.8) is 0 Å². The summed E-state index contributed by atoms with van der Waals surface area (Å²) < 4.78 is 2.36. The highest BCUT2D eigenvalue weighted by Crippen LogP contribution is 2.04. The van der Waals surface area contributed by atoms with Crippen LogP contribution in [0.2, 0.25) is 0 Å². The largest absolute Gasteiger partial charge is 1.00 e. The number of hydrogen-bond acceptors (Lipinski definition) is 1. The average Bonchev–Trinajstić information content (AvgIpc) is 2.52. The van der Waals surface area contributed by atoms with Crippen LogP contribution in [0.15, 0.2) is 11.6 Å². The van der Waals surface area contributed by atoms with Crippen molar-refractivity contribution in [2.45, 2.75) is 52.5 Å². The van der Waals surface area contributed by atoms with E-state index in [0.29, 0.717) is 0 Å². The fraction of sp³-hybridized carbons (Fsp3) is 0.727. The van der Waals surface area contributed by atoms with Gasteiger partial charge in [-0.15, -0.1) is 0 Å². The van der Waals surface area contributed by atoms with Gasteiger partial charge in [-0.25, -0.2) is 0 Å². The Kier molecular flexibility index (Phi) is 8.87. The number of aryl methyl sites for hydroxylation is 2. The van der Waals surface area contributed by atoms with Crippen LogP contribution in [-0.2, 0) is 6.54 Å². The Hall–Kier alpha value is 0.360. The van der Waals surface area contributed by atoms with Crippen LogP contribution in [0.3, 0.4) is 0 Å². The van der Waals surface area contributed by atoms with Crippen LogP contribution >= 0.6 is 11.3 Å². The minimum atomic E-state index is 0. The van der Waals surface area contributed by atoms with Gasteiger partial charge in [-0.2, -0.15) is 4.57 Å². The SMILES string of the molecule is CCCCCCC[n+]1ccsc1C.[I-]. The van der Waals surface area contributed by atoms with E-state index in [1.807, 2.05) is 11.3 Å². The fourth-order valence-electron chi connectivity index (χ4n) is 1.49. The van der Waals surface area contributed by atoms with Gasteiger partial charge in [0.05, 0.1) is 5.38 Å². The summed E-state index contributed by atoms with van der Waals surface area (Å²) in [6.07, 6.45) is 9.05. The molecule has 0 radical (unpaired) electrons. The topological polar surface area (TPSA) is 3.88 Å². The molecular weight excluding hydrogens is 305 g/mol. The molecule has 0 N–H and O–H groups in total. The molecule has 0 aliphatic rings. The quantitative estimate of drug-likeness (QED) is 0.403. The number of thiazole rings is 1. The molecule has 0 fully saturated rings. The molecule has 0 aromatic carbocycles. The van der Waals surface area contributed by atoms with E-state index < -0.39 is 0 Å². The van der Waals surface area contributed by atoms with E-state index in [4.69, 9.17) is 0 Å². The van der Waals surface area contributed by atoms with Crippen LogP contribution in [0.5, 0.6) is 0 Å². The number of aromatic nitrogens is 1. The zero-order chi connectivity index (χ0) is 9.52. The molecule has 0 saturated heterocycles. The third kappa shape index (κ3) is 5.29. The second-order valence-electron chi connectivity index (χ2n) is 3.53. The average molecular weight is 325 g/mol. The lowest BCUT2D eigenvalue weighted by Crippen LogP contribution is -3.00. The Balaban J connectivity index is 0.00000169. The maximum atomic E-state index is 2.36. The van der Waals surface area contributed by atoms with Crippen molar-refractivity contribution in [2.24, 2.45) is 0 Å². The molecule has 1 aromatic heterocycles. The second kappa shape index (κ2) is 8.65. The Bertz CT molecular complexity index is 235. The fourth-order valence-corrected chi connectivity index (χ4v) is 2.18. The smallest absolute Gasteiger partial charge is 0.234 e. The van der Waals surface area contributed by atoms with Crippen LogP contribution in [0.4, 0.5) is 0 Å². The van der Waals surface area contributed by atoms with E-state index in [1.54, 1.807) is 0 Å². The molecule has 0 aliphatic carbocycles. The molecule has 82 valence electrons. The Morgan fingerprint density at radius 3 is 2.50 bits per heavy atom. The molecule has 0 saturated carbocycles. The lowest BCUT2D eigenvalue weighted by molar-refractivity contribution is -0.698. The summed E-state index contributed by atoms with van der Waals surface area (Å²) in [6, 6.07) is 0. The summed E-state index contributed by atoms with van der Waals surface area (Å²) in [7, 11) is 0. The van der Waals surface area contributed by atoms with Gasteiger partial charge in [0, 0.05) is 13.3 Å². The number of halogens is 1. The van der Waals surface area contributed by atoms with E-state index in [9.17, 15) is 0 Å². The van der Waals surface area contributed by atoms with Gasteiger partial charge in [-0.05, 0) is 6.42 Å². The molecule has 0 bridgehead atoms. The Morgan fingerprint density at radius 2 is 1.93 bits per heavy atom. The van der Waals surface area contributed by atoms with E-state index in [1.165, 1.54) is 43.7 Å². The molecule has 1 heterocycles. The molecule has 1 rings (SSSR count). The van der Waals surface area contributed by atoms with Gasteiger partial charge in [0.25, 0.3) is 0 Å². The molecule has 3 heteroatoms. The van der Waals surface area contributed by atoms with E-state index in [-0.39, 0.29) is 24.0 Å². The van der Waals surface area contributed by atoms with Crippen molar-refractivity contribution in [1.82, 2.24) is 0 Å². The van der Waals surface area contributed by atoms with Crippen molar-refractivity contribution in [2.75, 3.05) is 0 Å². The van der Waals surface area contributed by atoms with Gasteiger partial charge < -0.3 is 24.0 Å². The molecule has 0 unspecified atom stereocenters. The highest BCUT2D eigenvalue weighted by atomic mass is 127. The molecule has 0 aliphatic heterocycles. The first-order valence-electron chi connectivity index (χ1n) is 5.28. The Labute approximate surface area is 109 Å². The van der Waals surface area contributed by atoms with Gasteiger partial charge in [0.2, 0.25) is 5.01 Å². The minimum Gasteiger partial charge on any atom is -1.00 e. The van der Waals surface area contributed by atoms with E-state index in [2.05, 4.69) is 30.0 Å². The maximum absolute atomic E-state index is 2.36. The van der Waals surface area contributed by atoms with Gasteiger partial charge in [-0.1, -0.05) is 37.5 Å². The normalized spacial score (nSPS) is 9.86. The number of unbranched alkanes of at least 4 members (excludes halogenated alkanes) is 4. The molecule has 14 heavy (non-hydrogen) atoms. The molecular formula is C11H20INS. The van der Waals surface area contributed by atoms with E-state index >= 15 is 0 Å². The lowest BCUT2D eigenvalue weighted by Gasteiger charge is -1.96. The predicted molar refractivity (Wildman–Crippen MR) is 58.0 cm³/mol. The highest BCUT2D eigenvalue weighted by Gasteiger charge is 2.05. The van der Waals surface area contributed by atoms with Gasteiger partial charge in [0.1, 0.15) is 6.54 Å². The number of hydrogen-bond donors (Lipinski definition) is 0. The molecule has 0 amide bonds. The standard InChI is InChI=1S/C11H20NS.HI/c1-3-4-5-6-7-8-12-9-10-13-11(12)2;/h9-10H,3-8H2,1-2H3;1H/q+1;/p-1. The summed E-state index contributed by atoms with van der Waals surface area (Å²) in [5.74, 6) is 0. The van der Waals surface area contributed by atoms with Crippen molar-refractivity contribution in [1.29, 1.82) is 0 Å². The summed E-state index contributed by atoms with van der Waals surface area (Å²) in [5.41, 5.74) is 0. The molecule has 0 spiro atoms. The molecule has 0 atom stereocenters. The third-order valence-corrected chi connectivity index (χ3v) is 3.22.